The fraction of sp³-hybridized carbons (Fsp3) is 0.562. The third-order valence-electron chi connectivity index (χ3n) is 4.27. The molecule has 1 aliphatic rings. The minimum absolute atomic E-state index is 0.0658. The van der Waals surface area contributed by atoms with E-state index in [-0.39, 0.29) is 5.91 Å². The van der Waals surface area contributed by atoms with Crippen LogP contribution < -0.4 is 11.1 Å². The van der Waals surface area contributed by atoms with Gasteiger partial charge in [0.2, 0.25) is 5.91 Å². The molecule has 0 spiro atoms. The number of hydrogen-bond acceptors (Lipinski definition) is 2. The lowest BCUT2D eigenvalue weighted by Gasteiger charge is -2.29. The van der Waals surface area contributed by atoms with Crippen molar-refractivity contribution in [2.45, 2.75) is 38.6 Å². The first kappa shape index (κ1) is 14.1. The predicted octanol–water partition coefficient (Wildman–Crippen LogP) is 2.63. The zero-order chi connectivity index (χ0) is 13.7. The molecule has 0 saturated heterocycles. The van der Waals surface area contributed by atoms with Gasteiger partial charge in [0.25, 0.3) is 0 Å². The van der Waals surface area contributed by atoms with Gasteiger partial charge in [0.05, 0.1) is 0 Å². The van der Waals surface area contributed by atoms with Gasteiger partial charge >= 0.3 is 0 Å². The van der Waals surface area contributed by atoms with Crippen molar-refractivity contribution >= 4 is 5.91 Å². The average Bonchev–Trinajstić information content (AvgIpc) is 2.46. The Hall–Kier alpha value is -1.35. The SMILES string of the molecule is CC1CCCCC1CNC(=O)C(N)c1ccccc1. The maximum Gasteiger partial charge on any atom is 0.241 e. The van der Waals surface area contributed by atoms with Gasteiger partial charge in [-0.1, -0.05) is 56.5 Å². The number of carbonyl (C=O) groups is 1. The highest BCUT2D eigenvalue weighted by atomic mass is 16.2. The zero-order valence-corrected chi connectivity index (χ0v) is 11.6. The molecule has 3 heteroatoms. The number of hydrogen-bond donors (Lipinski definition) is 2. The van der Waals surface area contributed by atoms with E-state index in [9.17, 15) is 4.79 Å². The van der Waals surface area contributed by atoms with Gasteiger partial charge in [0, 0.05) is 6.54 Å². The van der Waals surface area contributed by atoms with Crippen LogP contribution >= 0.6 is 0 Å². The summed E-state index contributed by atoms with van der Waals surface area (Å²) in [6, 6.07) is 8.98. The number of rotatable bonds is 4. The summed E-state index contributed by atoms with van der Waals surface area (Å²) in [5.74, 6) is 1.26. The summed E-state index contributed by atoms with van der Waals surface area (Å²) in [6.45, 7) is 3.05. The van der Waals surface area contributed by atoms with E-state index >= 15 is 0 Å². The highest BCUT2D eigenvalue weighted by molar-refractivity contribution is 5.82. The Morgan fingerprint density at radius 1 is 1.32 bits per heavy atom. The molecule has 0 aliphatic heterocycles. The monoisotopic (exact) mass is 260 g/mol. The molecule has 2 rings (SSSR count). The Labute approximate surface area is 115 Å². The first-order chi connectivity index (χ1) is 9.18. The predicted molar refractivity (Wildman–Crippen MR) is 77.5 cm³/mol. The maximum absolute atomic E-state index is 12.1. The number of nitrogens with two attached hydrogens (primary N) is 1. The molecule has 3 N–H and O–H groups in total. The fourth-order valence-electron chi connectivity index (χ4n) is 2.85. The van der Waals surface area contributed by atoms with Crippen molar-refractivity contribution in [3.8, 4) is 0 Å². The molecule has 0 aromatic heterocycles. The molecular formula is C16H24N2O. The van der Waals surface area contributed by atoms with E-state index < -0.39 is 6.04 Å². The quantitative estimate of drug-likeness (QED) is 0.874. The van der Waals surface area contributed by atoms with Gasteiger partial charge < -0.3 is 11.1 Å². The van der Waals surface area contributed by atoms with Crippen molar-refractivity contribution in [3.63, 3.8) is 0 Å². The van der Waals surface area contributed by atoms with E-state index in [0.29, 0.717) is 11.8 Å². The van der Waals surface area contributed by atoms with Gasteiger partial charge in [-0.3, -0.25) is 4.79 Å². The molecule has 1 aromatic carbocycles. The van der Waals surface area contributed by atoms with Crippen molar-refractivity contribution in [3.05, 3.63) is 35.9 Å². The van der Waals surface area contributed by atoms with Crippen LogP contribution in [0.2, 0.25) is 0 Å². The van der Waals surface area contributed by atoms with Crippen molar-refractivity contribution < 1.29 is 4.79 Å². The van der Waals surface area contributed by atoms with E-state index in [4.69, 9.17) is 5.73 Å². The lowest BCUT2D eigenvalue weighted by atomic mass is 9.80. The summed E-state index contributed by atoms with van der Waals surface area (Å²) in [6.07, 6.45) is 5.12. The second-order valence-electron chi connectivity index (χ2n) is 5.66. The fourth-order valence-corrected chi connectivity index (χ4v) is 2.85. The van der Waals surface area contributed by atoms with Gasteiger partial charge in [-0.2, -0.15) is 0 Å². The second-order valence-corrected chi connectivity index (χ2v) is 5.66. The molecule has 19 heavy (non-hydrogen) atoms. The highest BCUT2D eigenvalue weighted by Crippen LogP contribution is 2.28. The van der Waals surface area contributed by atoms with E-state index in [1.54, 1.807) is 0 Å². The molecule has 0 radical (unpaired) electrons. The minimum atomic E-state index is -0.555. The second kappa shape index (κ2) is 6.71. The molecule has 1 aliphatic carbocycles. The first-order valence-corrected chi connectivity index (χ1v) is 7.26. The molecule has 0 heterocycles. The van der Waals surface area contributed by atoms with E-state index in [0.717, 1.165) is 12.1 Å². The molecule has 1 saturated carbocycles. The van der Waals surface area contributed by atoms with Crippen LogP contribution in [0, 0.1) is 11.8 Å². The molecule has 1 amide bonds. The largest absolute Gasteiger partial charge is 0.354 e. The topological polar surface area (TPSA) is 55.1 Å². The van der Waals surface area contributed by atoms with Crippen molar-refractivity contribution in [2.24, 2.45) is 17.6 Å². The summed E-state index contributed by atoms with van der Waals surface area (Å²) < 4.78 is 0. The van der Waals surface area contributed by atoms with E-state index in [2.05, 4.69) is 12.2 Å². The van der Waals surface area contributed by atoms with E-state index in [1.807, 2.05) is 30.3 Å². The molecule has 3 nitrogen and oxygen atoms in total. The highest BCUT2D eigenvalue weighted by Gasteiger charge is 2.23. The number of nitrogens with one attached hydrogen (secondary N) is 1. The molecule has 3 unspecified atom stereocenters. The van der Waals surface area contributed by atoms with Gasteiger partial charge in [-0.25, -0.2) is 0 Å². The van der Waals surface area contributed by atoms with Crippen molar-refractivity contribution in [1.82, 2.24) is 5.32 Å². The van der Waals surface area contributed by atoms with Gasteiger partial charge in [-0.05, 0) is 23.8 Å². The molecule has 1 fully saturated rings. The summed E-state index contributed by atoms with van der Waals surface area (Å²) in [7, 11) is 0. The van der Waals surface area contributed by atoms with Crippen molar-refractivity contribution in [1.29, 1.82) is 0 Å². The van der Waals surface area contributed by atoms with Gasteiger partial charge in [0.1, 0.15) is 6.04 Å². The minimum Gasteiger partial charge on any atom is -0.354 e. The third kappa shape index (κ3) is 3.80. The normalized spacial score (nSPS) is 24.7. The van der Waals surface area contributed by atoms with Crippen LogP contribution in [0.1, 0.15) is 44.2 Å². The van der Waals surface area contributed by atoms with Crippen LogP contribution in [-0.2, 0) is 4.79 Å². The van der Waals surface area contributed by atoms with Gasteiger partial charge in [-0.15, -0.1) is 0 Å². The number of carbonyl (C=O) groups excluding carboxylic acids is 1. The first-order valence-electron chi connectivity index (χ1n) is 7.26. The van der Waals surface area contributed by atoms with Crippen LogP contribution in [0.4, 0.5) is 0 Å². The Bertz CT molecular complexity index is 404. The Morgan fingerprint density at radius 3 is 2.68 bits per heavy atom. The Morgan fingerprint density at radius 2 is 2.00 bits per heavy atom. The number of benzene rings is 1. The Kier molecular flexibility index (Phi) is 4.97. The Balaban J connectivity index is 1.84. The lowest BCUT2D eigenvalue weighted by molar-refractivity contribution is -0.122. The van der Waals surface area contributed by atoms with Crippen LogP contribution in [0.15, 0.2) is 30.3 Å². The average molecular weight is 260 g/mol. The zero-order valence-electron chi connectivity index (χ0n) is 11.6. The number of amides is 1. The maximum atomic E-state index is 12.1. The van der Waals surface area contributed by atoms with Crippen LogP contribution in [-0.4, -0.2) is 12.5 Å². The van der Waals surface area contributed by atoms with Crippen LogP contribution in [0.25, 0.3) is 0 Å². The summed E-state index contributed by atoms with van der Waals surface area (Å²) in [5, 5.41) is 3.02. The summed E-state index contributed by atoms with van der Waals surface area (Å²) in [5.41, 5.74) is 6.85. The summed E-state index contributed by atoms with van der Waals surface area (Å²) >= 11 is 0. The molecule has 1 aromatic rings. The smallest absolute Gasteiger partial charge is 0.241 e. The standard InChI is InChI=1S/C16H24N2O/c1-12-7-5-6-10-14(12)11-18-16(19)15(17)13-8-3-2-4-9-13/h2-4,8-9,12,14-15H,5-7,10-11,17H2,1H3,(H,18,19). The van der Waals surface area contributed by atoms with Gasteiger partial charge in [0.15, 0.2) is 0 Å². The third-order valence-corrected chi connectivity index (χ3v) is 4.27. The van der Waals surface area contributed by atoms with Crippen LogP contribution in [0.3, 0.4) is 0 Å². The molecule has 3 atom stereocenters. The molecular weight excluding hydrogens is 236 g/mol. The lowest BCUT2D eigenvalue weighted by Crippen LogP contribution is -2.38. The van der Waals surface area contributed by atoms with Crippen molar-refractivity contribution in [2.75, 3.05) is 6.54 Å². The van der Waals surface area contributed by atoms with Crippen LogP contribution in [0.5, 0.6) is 0 Å². The van der Waals surface area contributed by atoms with E-state index in [1.165, 1.54) is 25.7 Å². The molecule has 0 bridgehead atoms. The molecule has 104 valence electrons. The summed E-state index contributed by atoms with van der Waals surface area (Å²) in [4.78, 5) is 12.1.